The van der Waals surface area contributed by atoms with Crippen LogP contribution in [0.2, 0.25) is 0 Å². The third-order valence-corrected chi connectivity index (χ3v) is 2.72. The molecule has 3 nitrogen and oxygen atoms in total. The lowest BCUT2D eigenvalue weighted by atomic mass is 10.2. The number of ether oxygens (including phenoxy) is 2. The fourth-order valence-electron chi connectivity index (χ4n) is 1.70. The molecular weight excluding hydrogens is 226 g/mol. The molecule has 18 heavy (non-hydrogen) atoms. The van der Waals surface area contributed by atoms with Crippen LogP contribution in [0, 0.1) is 0 Å². The standard InChI is InChI=1S/C15H25NO2/c1-5-14(10-16-12(2)3)18-15-8-6-7-13(9-15)11-17-4/h6-9,12,14,16H,5,10-11H2,1-4H3. The zero-order valence-corrected chi connectivity index (χ0v) is 11.9. The van der Waals surface area contributed by atoms with Crippen molar-refractivity contribution in [1.82, 2.24) is 5.32 Å². The van der Waals surface area contributed by atoms with E-state index in [-0.39, 0.29) is 6.10 Å². The Hall–Kier alpha value is -1.06. The van der Waals surface area contributed by atoms with Crippen LogP contribution in [0.15, 0.2) is 24.3 Å². The number of rotatable bonds is 8. The molecular formula is C15H25NO2. The van der Waals surface area contributed by atoms with E-state index in [1.54, 1.807) is 7.11 Å². The number of nitrogens with one attached hydrogen (secondary N) is 1. The van der Waals surface area contributed by atoms with Crippen LogP contribution in [-0.2, 0) is 11.3 Å². The lowest BCUT2D eigenvalue weighted by molar-refractivity contribution is 0.179. The van der Waals surface area contributed by atoms with Gasteiger partial charge in [-0.25, -0.2) is 0 Å². The summed E-state index contributed by atoms with van der Waals surface area (Å²) in [6.07, 6.45) is 1.21. The molecule has 0 aliphatic heterocycles. The summed E-state index contributed by atoms with van der Waals surface area (Å²) >= 11 is 0. The van der Waals surface area contributed by atoms with E-state index in [9.17, 15) is 0 Å². The second-order valence-corrected chi connectivity index (χ2v) is 4.79. The molecule has 1 atom stereocenters. The lowest BCUT2D eigenvalue weighted by Gasteiger charge is -2.20. The highest BCUT2D eigenvalue weighted by Gasteiger charge is 2.08. The monoisotopic (exact) mass is 251 g/mol. The molecule has 0 saturated carbocycles. The minimum Gasteiger partial charge on any atom is -0.489 e. The zero-order valence-electron chi connectivity index (χ0n) is 11.9. The molecule has 0 aliphatic rings. The number of hydrogen-bond acceptors (Lipinski definition) is 3. The van der Waals surface area contributed by atoms with Crippen LogP contribution in [0.5, 0.6) is 5.75 Å². The van der Waals surface area contributed by atoms with E-state index in [0.717, 1.165) is 24.3 Å². The van der Waals surface area contributed by atoms with E-state index in [0.29, 0.717) is 12.6 Å². The molecule has 0 aromatic heterocycles. The Labute approximate surface area is 110 Å². The predicted octanol–water partition coefficient (Wildman–Crippen LogP) is 2.99. The first-order valence-corrected chi connectivity index (χ1v) is 6.63. The van der Waals surface area contributed by atoms with E-state index >= 15 is 0 Å². The van der Waals surface area contributed by atoms with Crippen LogP contribution in [0.4, 0.5) is 0 Å². The third-order valence-electron chi connectivity index (χ3n) is 2.72. The molecule has 0 heterocycles. The second kappa shape index (κ2) is 8.11. The molecule has 102 valence electrons. The second-order valence-electron chi connectivity index (χ2n) is 4.79. The molecule has 1 unspecified atom stereocenters. The molecule has 0 saturated heterocycles. The van der Waals surface area contributed by atoms with Gasteiger partial charge in [-0.15, -0.1) is 0 Å². The Morgan fingerprint density at radius 2 is 2.06 bits per heavy atom. The minimum absolute atomic E-state index is 0.213. The van der Waals surface area contributed by atoms with Crippen LogP contribution in [-0.4, -0.2) is 25.8 Å². The van der Waals surface area contributed by atoms with Gasteiger partial charge < -0.3 is 14.8 Å². The van der Waals surface area contributed by atoms with Crippen molar-refractivity contribution >= 4 is 0 Å². The van der Waals surface area contributed by atoms with E-state index < -0.39 is 0 Å². The van der Waals surface area contributed by atoms with E-state index in [1.807, 2.05) is 24.3 Å². The average molecular weight is 251 g/mol. The summed E-state index contributed by atoms with van der Waals surface area (Å²) in [6, 6.07) is 8.58. The Morgan fingerprint density at radius 1 is 1.28 bits per heavy atom. The van der Waals surface area contributed by atoms with Gasteiger partial charge in [0.05, 0.1) is 6.61 Å². The molecule has 1 aromatic carbocycles. The first kappa shape index (κ1) is 15.0. The molecule has 1 N–H and O–H groups in total. The highest BCUT2D eigenvalue weighted by molar-refractivity contribution is 5.28. The maximum Gasteiger partial charge on any atom is 0.120 e. The SMILES string of the molecule is CCC(CNC(C)C)Oc1cccc(COC)c1. The first-order chi connectivity index (χ1) is 8.65. The van der Waals surface area contributed by atoms with Crippen molar-refractivity contribution < 1.29 is 9.47 Å². The van der Waals surface area contributed by atoms with Crippen LogP contribution >= 0.6 is 0 Å². The van der Waals surface area contributed by atoms with Gasteiger partial charge in [0.25, 0.3) is 0 Å². The van der Waals surface area contributed by atoms with Crippen molar-refractivity contribution in [3.8, 4) is 5.75 Å². The summed E-state index contributed by atoms with van der Waals surface area (Å²) in [5, 5.41) is 3.41. The van der Waals surface area contributed by atoms with Gasteiger partial charge in [-0.1, -0.05) is 32.9 Å². The summed E-state index contributed by atoms with van der Waals surface area (Å²) in [5.41, 5.74) is 1.14. The van der Waals surface area contributed by atoms with Crippen molar-refractivity contribution in [3.05, 3.63) is 29.8 Å². The van der Waals surface area contributed by atoms with Crippen molar-refractivity contribution in [2.45, 2.75) is 45.9 Å². The van der Waals surface area contributed by atoms with Crippen molar-refractivity contribution in [1.29, 1.82) is 0 Å². The summed E-state index contributed by atoms with van der Waals surface area (Å²) in [6.45, 7) is 7.93. The van der Waals surface area contributed by atoms with Crippen LogP contribution in [0.25, 0.3) is 0 Å². The first-order valence-electron chi connectivity index (χ1n) is 6.63. The molecule has 3 heteroatoms. The van der Waals surface area contributed by atoms with Gasteiger partial charge in [-0.2, -0.15) is 0 Å². The maximum absolute atomic E-state index is 5.98. The van der Waals surface area contributed by atoms with E-state index in [4.69, 9.17) is 9.47 Å². The lowest BCUT2D eigenvalue weighted by Crippen LogP contribution is -2.34. The van der Waals surface area contributed by atoms with Gasteiger partial charge in [-0.05, 0) is 24.1 Å². The Bertz CT molecular complexity index is 339. The quantitative estimate of drug-likeness (QED) is 0.770. The number of methoxy groups -OCH3 is 1. The average Bonchev–Trinajstić information content (AvgIpc) is 2.35. The van der Waals surface area contributed by atoms with Gasteiger partial charge in [0.15, 0.2) is 0 Å². The Morgan fingerprint density at radius 3 is 2.67 bits per heavy atom. The fraction of sp³-hybridized carbons (Fsp3) is 0.600. The highest BCUT2D eigenvalue weighted by Crippen LogP contribution is 2.16. The van der Waals surface area contributed by atoms with Crippen LogP contribution in [0.3, 0.4) is 0 Å². The zero-order chi connectivity index (χ0) is 13.4. The smallest absolute Gasteiger partial charge is 0.120 e. The van der Waals surface area contributed by atoms with Gasteiger partial charge in [0, 0.05) is 19.7 Å². The molecule has 1 aromatic rings. The summed E-state index contributed by atoms with van der Waals surface area (Å²) in [7, 11) is 1.70. The van der Waals surface area contributed by atoms with Crippen LogP contribution < -0.4 is 10.1 Å². The predicted molar refractivity (Wildman–Crippen MR) is 75.0 cm³/mol. The van der Waals surface area contributed by atoms with Gasteiger partial charge >= 0.3 is 0 Å². The summed E-state index contributed by atoms with van der Waals surface area (Å²) in [5.74, 6) is 0.918. The summed E-state index contributed by atoms with van der Waals surface area (Å²) < 4.78 is 11.1. The molecule has 1 rings (SSSR count). The minimum atomic E-state index is 0.213. The van der Waals surface area contributed by atoms with Crippen molar-refractivity contribution in [2.24, 2.45) is 0 Å². The van der Waals surface area contributed by atoms with Crippen LogP contribution in [0.1, 0.15) is 32.8 Å². The third kappa shape index (κ3) is 5.52. The summed E-state index contributed by atoms with van der Waals surface area (Å²) in [4.78, 5) is 0. The van der Waals surface area contributed by atoms with E-state index in [1.165, 1.54) is 0 Å². The molecule has 0 radical (unpaired) electrons. The Balaban J connectivity index is 2.55. The number of benzene rings is 1. The van der Waals surface area contributed by atoms with Gasteiger partial charge in [-0.3, -0.25) is 0 Å². The normalized spacial score (nSPS) is 12.7. The van der Waals surface area contributed by atoms with Crippen molar-refractivity contribution in [2.75, 3.05) is 13.7 Å². The number of hydrogen-bond donors (Lipinski definition) is 1. The highest BCUT2D eigenvalue weighted by atomic mass is 16.5. The van der Waals surface area contributed by atoms with Crippen molar-refractivity contribution in [3.63, 3.8) is 0 Å². The Kier molecular flexibility index (Phi) is 6.76. The molecule has 0 aliphatic carbocycles. The topological polar surface area (TPSA) is 30.5 Å². The molecule has 0 fully saturated rings. The van der Waals surface area contributed by atoms with Gasteiger partial charge in [0.1, 0.15) is 11.9 Å². The maximum atomic E-state index is 5.98. The van der Waals surface area contributed by atoms with Gasteiger partial charge in [0.2, 0.25) is 0 Å². The fourth-order valence-corrected chi connectivity index (χ4v) is 1.70. The molecule has 0 spiro atoms. The molecule has 0 amide bonds. The largest absolute Gasteiger partial charge is 0.489 e. The molecule has 0 bridgehead atoms. The van der Waals surface area contributed by atoms with E-state index in [2.05, 4.69) is 26.1 Å².